The minimum absolute atomic E-state index is 0.0131. The predicted molar refractivity (Wildman–Crippen MR) is 61.3 cm³/mol. The number of aliphatic hydroxyl groups excluding tert-OH is 1. The van der Waals surface area contributed by atoms with E-state index < -0.39 is 0 Å². The summed E-state index contributed by atoms with van der Waals surface area (Å²) >= 11 is 0. The number of aliphatic hydroxyl groups is 1. The van der Waals surface area contributed by atoms with Gasteiger partial charge in [-0.05, 0) is 25.2 Å². The summed E-state index contributed by atoms with van der Waals surface area (Å²) in [6.45, 7) is 2.24. The summed E-state index contributed by atoms with van der Waals surface area (Å²) in [5, 5.41) is 9.91. The third kappa shape index (κ3) is 4.45. The molecule has 1 fully saturated rings. The molecule has 1 rings (SSSR count). The van der Waals surface area contributed by atoms with E-state index in [-0.39, 0.29) is 6.10 Å². The van der Waals surface area contributed by atoms with Gasteiger partial charge in [0.05, 0.1) is 6.10 Å². The molecule has 0 saturated heterocycles. The molecule has 0 aliphatic heterocycles. The van der Waals surface area contributed by atoms with Gasteiger partial charge in [0.1, 0.15) is 0 Å². The zero-order valence-electron chi connectivity index (χ0n) is 9.67. The van der Waals surface area contributed by atoms with Gasteiger partial charge in [0.15, 0.2) is 0 Å². The minimum atomic E-state index is 0.0131. The predicted octanol–water partition coefficient (Wildman–Crippen LogP) is 3.90. The van der Waals surface area contributed by atoms with E-state index >= 15 is 0 Å². The van der Waals surface area contributed by atoms with E-state index in [1.54, 1.807) is 0 Å². The Morgan fingerprint density at radius 1 is 1.07 bits per heavy atom. The van der Waals surface area contributed by atoms with Crippen LogP contribution in [0.2, 0.25) is 0 Å². The van der Waals surface area contributed by atoms with Crippen LogP contribution in [-0.2, 0) is 0 Å². The summed E-state index contributed by atoms with van der Waals surface area (Å²) in [5.41, 5.74) is 0. The summed E-state index contributed by atoms with van der Waals surface area (Å²) in [5.74, 6) is 0.640. The second-order valence-electron chi connectivity index (χ2n) is 4.81. The van der Waals surface area contributed by atoms with Gasteiger partial charge in [0.2, 0.25) is 0 Å². The van der Waals surface area contributed by atoms with E-state index in [0.717, 1.165) is 6.42 Å². The minimum Gasteiger partial charge on any atom is -0.393 e. The first-order chi connectivity index (χ1) is 6.84. The van der Waals surface area contributed by atoms with E-state index in [4.69, 9.17) is 0 Å². The summed E-state index contributed by atoms with van der Waals surface area (Å²) in [7, 11) is 0. The fourth-order valence-corrected chi connectivity index (χ4v) is 2.53. The molecule has 0 amide bonds. The van der Waals surface area contributed by atoms with Gasteiger partial charge in [-0.3, -0.25) is 0 Å². The maximum Gasteiger partial charge on any atom is 0.0568 e. The molecule has 1 saturated carbocycles. The number of hydrogen-bond acceptors (Lipinski definition) is 1. The topological polar surface area (TPSA) is 20.2 Å². The van der Waals surface area contributed by atoms with Crippen LogP contribution in [0.5, 0.6) is 0 Å². The third-order valence-corrected chi connectivity index (χ3v) is 3.55. The Hall–Kier alpha value is -0.0400. The molecule has 1 nitrogen and oxygen atoms in total. The highest BCUT2D eigenvalue weighted by Crippen LogP contribution is 2.29. The highest BCUT2D eigenvalue weighted by atomic mass is 16.3. The zero-order chi connectivity index (χ0) is 10.2. The van der Waals surface area contributed by atoms with Crippen molar-refractivity contribution in [1.29, 1.82) is 0 Å². The summed E-state index contributed by atoms with van der Waals surface area (Å²) in [6, 6.07) is 0. The van der Waals surface area contributed by atoms with E-state index in [9.17, 15) is 5.11 Å². The quantitative estimate of drug-likeness (QED) is 0.615. The number of unbranched alkanes of at least 4 members (excludes halogenated alkanes) is 4. The van der Waals surface area contributed by atoms with Crippen molar-refractivity contribution >= 4 is 0 Å². The van der Waals surface area contributed by atoms with E-state index in [1.165, 1.54) is 57.8 Å². The van der Waals surface area contributed by atoms with E-state index in [0.29, 0.717) is 5.92 Å². The molecular weight excluding hydrogens is 172 g/mol. The molecule has 0 radical (unpaired) electrons. The highest BCUT2D eigenvalue weighted by molar-refractivity contribution is 4.74. The Bertz CT molecular complexity index is 127. The molecule has 14 heavy (non-hydrogen) atoms. The molecule has 0 aromatic heterocycles. The number of hydrogen-bond donors (Lipinski definition) is 1. The average Bonchev–Trinajstić information content (AvgIpc) is 2.70. The molecular formula is C13H26O. The largest absolute Gasteiger partial charge is 0.393 e. The molecule has 1 heteroatoms. The van der Waals surface area contributed by atoms with Gasteiger partial charge in [0.25, 0.3) is 0 Å². The van der Waals surface area contributed by atoms with Crippen molar-refractivity contribution in [2.24, 2.45) is 5.92 Å². The van der Waals surface area contributed by atoms with Crippen LogP contribution in [-0.4, -0.2) is 11.2 Å². The Labute approximate surface area is 88.9 Å². The smallest absolute Gasteiger partial charge is 0.0568 e. The zero-order valence-corrected chi connectivity index (χ0v) is 9.67. The lowest BCUT2D eigenvalue weighted by molar-refractivity contribution is 0.0989. The molecule has 0 aromatic rings. The maximum atomic E-state index is 9.91. The fraction of sp³-hybridized carbons (Fsp3) is 1.00. The van der Waals surface area contributed by atoms with Crippen molar-refractivity contribution < 1.29 is 5.11 Å². The Kier molecular flexibility index (Phi) is 6.25. The highest BCUT2D eigenvalue weighted by Gasteiger charge is 2.22. The molecule has 0 aromatic carbocycles. The van der Waals surface area contributed by atoms with Gasteiger partial charge in [-0.25, -0.2) is 0 Å². The van der Waals surface area contributed by atoms with Crippen molar-refractivity contribution in [2.45, 2.75) is 77.2 Å². The molecule has 0 heterocycles. The molecule has 0 spiro atoms. The van der Waals surface area contributed by atoms with Gasteiger partial charge in [-0.15, -0.1) is 0 Å². The fourth-order valence-electron chi connectivity index (χ4n) is 2.53. The molecule has 1 aliphatic rings. The van der Waals surface area contributed by atoms with E-state index in [2.05, 4.69) is 6.92 Å². The van der Waals surface area contributed by atoms with Crippen molar-refractivity contribution in [3.8, 4) is 0 Å². The van der Waals surface area contributed by atoms with Crippen LogP contribution in [0.4, 0.5) is 0 Å². The van der Waals surface area contributed by atoms with Gasteiger partial charge in [-0.2, -0.15) is 0 Å². The molecule has 1 atom stereocenters. The maximum absolute atomic E-state index is 9.91. The SMILES string of the molecule is CCCCCCCC(O)C1CCCC1. The van der Waals surface area contributed by atoms with Crippen molar-refractivity contribution in [2.75, 3.05) is 0 Å². The second kappa shape index (κ2) is 7.28. The Morgan fingerprint density at radius 3 is 2.36 bits per heavy atom. The first-order valence-electron chi connectivity index (χ1n) is 6.52. The Balaban J connectivity index is 1.94. The molecule has 1 aliphatic carbocycles. The van der Waals surface area contributed by atoms with Crippen LogP contribution in [0, 0.1) is 5.92 Å². The normalized spacial score (nSPS) is 20.1. The molecule has 1 unspecified atom stereocenters. The monoisotopic (exact) mass is 198 g/mol. The van der Waals surface area contributed by atoms with Crippen LogP contribution in [0.15, 0.2) is 0 Å². The van der Waals surface area contributed by atoms with Crippen LogP contribution in [0.25, 0.3) is 0 Å². The first kappa shape index (κ1) is 12.0. The van der Waals surface area contributed by atoms with E-state index in [1.807, 2.05) is 0 Å². The molecule has 0 bridgehead atoms. The third-order valence-electron chi connectivity index (χ3n) is 3.55. The molecule has 1 N–H and O–H groups in total. The van der Waals surface area contributed by atoms with Crippen molar-refractivity contribution in [3.63, 3.8) is 0 Å². The lowest BCUT2D eigenvalue weighted by Crippen LogP contribution is -2.17. The first-order valence-corrected chi connectivity index (χ1v) is 6.52. The number of rotatable bonds is 7. The Morgan fingerprint density at radius 2 is 1.71 bits per heavy atom. The van der Waals surface area contributed by atoms with Crippen LogP contribution >= 0.6 is 0 Å². The second-order valence-corrected chi connectivity index (χ2v) is 4.81. The van der Waals surface area contributed by atoms with Crippen molar-refractivity contribution in [3.05, 3.63) is 0 Å². The van der Waals surface area contributed by atoms with Crippen molar-refractivity contribution in [1.82, 2.24) is 0 Å². The van der Waals surface area contributed by atoms with Gasteiger partial charge in [0, 0.05) is 0 Å². The van der Waals surface area contributed by atoms with Crippen LogP contribution in [0.3, 0.4) is 0 Å². The van der Waals surface area contributed by atoms with Gasteiger partial charge < -0.3 is 5.11 Å². The van der Waals surface area contributed by atoms with Gasteiger partial charge in [-0.1, -0.05) is 51.9 Å². The summed E-state index contributed by atoms with van der Waals surface area (Å²) in [6.07, 6.45) is 12.9. The van der Waals surface area contributed by atoms with Crippen LogP contribution < -0.4 is 0 Å². The van der Waals surface area contributed by atoms with Gasteiger partial charge >= 0.3 is 0 Å². The van der Waals surface area contributed by atoms with Crippen LogP contribution in [0.1, 0.15) is 71.1 Å². The summed E-state index contributed by atoms with van der Waals surface area (Å²) in [4.78, 5) is 0. The summed E-state index contributed by atoms with van der Waals surface area (Å²) < 4.78 is 0. The lowest BCUT2D eigenvalue weighted by Gasteiger charge is -2.17. The molecule has 84 valence electrons. The standard InChI is InChI=1S/C13H26O/c1-2-3-4-5-6-11-13(14)12-9-7-8-10-12/h12-14H,2-11H2,1H3. The lowest BCUT2D eigenvalue weighted by atomic mass is 9.96. The average molecular weight is 198 g/mol.